The molecule has 1 saturated heterocycles. The molecule has 2 heterocycles. The summed E-state index contributed by atoms with van der Waals surface area (Å²) >= 11 is 5.98. The molecule has 1 aliphatic heterocycles. The molecule has 7 nitrogen and oxygen atoms in total. The van der Waals surface area contributed by atoms with E-state index in [-0.39, 0.29) is 30.1 Å². The number of alkyl halides is 2. The van der Waals surface area contributed by atoms with E-state index in [0.717, 1.165) is 47.8 Å². The number of benzene rings is 3. The van der Waals surface area contributed by atoms with Crippen LogP contribution in [-0.2, 0) is 20.4 Å². The maximum atomic E-state index is 16.4. The normalized spacial score (nSPS) is 18.4. The lowest BCUT2D eigenvalue weighted by Gasteiger charge is -2.36. The molecule has 2 aliphatic rings. The number of hydrogen-bond acceptors (Lipinski definition) is 5. The monoisotopic (exact) mass is 666 g/mol. The number of halogens is 3. The minimum absolute atomic E-state index is 0.114. The van der Waals surface area contributed by atoms with Gasteiger partial charge in [0.15, 0.2) is 6.04 Å². The van der Waals surface area contributed by atoms with Gasteiger partial charge in [-0.15, -0.1) is 0 Å². The molecule has 46 heavy (non-hydrogen) atoms. The first kappa shape index (κ1) is 32.4. The summed E-state index contributed by atoms with van der Waals surface area (Å²) in [5.74, 6) is -0.149. The van der Waals surface area contributed by atoms with Gasteiger partial charge in [0, 0.05) is 40.8 Å². The van der Waals surface area contributed by atoms with Gasteiger partial charge in [-0.1, -0.05) is 41.9 Å². The number of ether oxygens (including phenoxy) is 1. The van der Waals surface area contributed by atoms with Gasteiger partial charge in [0.05, 0.1) is 15.8 Å². The molecule has 11 heteroatoms. The first-order chi connectivity index (χ1) is 22.0. The molecule has 0 radical (unpaired) electrons. The number of carbonyl (C=O) groups excluding carboxylic acids is 1. The molecule has 1 aliphatic carbocycles. The Labute approximate surface area is 273 Å². The lowest BCUT2D eigenvalue weighted by atomic mass is 10.0. The highest BCUT2D eigenvalue weighted by molar-refractivity contribution is 7.98. The number of amides is 1. The number of pyridine rings is 1. The second kappa shape index (κ2) is 13.3. The summed E-state index contributed by atoms with van der Waals surface area (Å²) in [5, 5.41) is 2.14. The zero-order chi connectivity index (χ0) is 32.5. The zero-order valence-corrected chi connectivity index (χ0v) is 26.9. The predicted molar refractivity (Wildman–Crippen MR) is 180 cm³/mol. The van der Waals surface area contributed by atoms with E-state index in [0.29, 0.717) is 23.4 Å². The Hall–Kier alpha value is -3.57. The van der Waals surface area contributed by atoms with E-state index < -0.39 is 33.3 Å². The number of nitrogens with zero attached hydrogens (tertiary/aromatic N) is 2. The van der Waals surface area contributed by atoms with Crippen molar-refractivity contribution >= 4 is 43.9 Å². The second-order valence-corrected chi connectivity index (χ2v) is 14.6. The quantitative estimate of drug-likeness (QED) is 0.197. The number of piperidine rings is 1. The largest absolute Gasteiger partial charge is 0.490 e. The topological polar surface area (TPSA) is 97.6 Å². The molecule has 2 fully saturated rings. The van der Waals surface area contributed by atoms with E-state index in [4.69, 9.17) is 22.1 Å². The fourth-order valence-electron chi connectivity index (χ4n) is 6.07. The van der Waals surface area contributed by atoms with E-state index in [1.807, 2.05) is 18.2 Å². The van der Waals surface area contributed by atoms with Crippen LogP contribution in [-0.4, -0.2) is 57.1 Å². The number of likely N-dealkylation sites (tertiary alicyclic amines) is 1. The highest BCUT2D eigenvalue weighted by Crippen LogP contribution is 2.35. The molecule has 0 bridgehead atoms. The van der Waals surface area contributed by atoms with E-state index in [1.54, 1.807) is 42.5 Å². The highest BCUT2D eigenvalue weighted by atomic mass is 35.5. The van der Waals surface area contributed by atoms with Crippen LogP contribution in [0.15, 0.2) is 83.9 Å². The van der Waals surface area contributed by atoms with Crippen LogP contribution in [0.1, 0.15) is 44.2 Å². The van der Waals surface area contributed by atoms with E-state index in [1.165, 1.54) is 23.2 Å². The van der Waals surface area contributed by atoms with E-state index in [2.05, 4.69) is 15.6 Å². The standard InChI is InChI=1S/C35H37ClF2N4O3S/c1-46(44,31-14-9-24-20-30(13-8-25(24)21-31)45-29-4-2-3-5-29)41-33(34(43)42-18-16-28(39)17-19-42)35(37,38)32-15-10-26(22-40-32)23-6-11-27(36)12-7-23/h6-15,20-22,28-29,33H,1-5,16-19,39H2,(H,41,44). The number of carbonyl (C=O) groups is 1. The average Bonchev–Trinajstić information content (AvgIpc) is 3.57. The van der Waals surface area contributed by atoms with Crippen molar-refractivity contribution in [2.75, 3.05) is 13.1 Å². The SMILES string of the molecule is C=S(=O)(NC(C(=O)N1CCC(N)CC1)C(F)(F)c1ccc(-c2ccc(Cl)cc2)cn1)c1ccc2cc(OC3CCCC3)ccc2c1. The summed E-state index contributed by atoms with van der Waals surface area (Å²) < 4.78 is 55.6. The Balaban J connectivity index is 1.29. The van der Waals surface area contributed by atoms with Crippen molar-refractivity contribution in [3.8, 4) is 16.9 Å². The Morgan fingerprint density at radius 1 is 0.978 bits per heavy atom. The third-order valence-corrected chi connectivity index (χ3v) is 10.7. The third kappa shape index (κ3) is 7.05. The molecule has 4 aromatic rings. The van der Waals surface area contributed by atoms with Crippen molar-refractivity contribution in [2.45, 2.75) is 67.5 Å². The Morgan fingerprint density at radius 2 is 1.63 bits per heavy atom. The highest BCUT2D eigenvalue weighted by Gasteiger charge is 2.50. The number of rotatable bonds is 9. The maximum Gasteiger partial charge on any atom is 0.314 e. The zero-order valence-electron chi connectivity index (χ0n) is 25.3. The first-order valence-electron chi connectivity index (χ1n) is 15.5. The van der Waals surface area contributed by atoms with Crippen molar-refractivity contribution in [3.63, 3.8) is 0 Å². The van der Waals surface area contributed by atoms with Crippen LogP contribution in [0.2, 0.25) is 5.02 Å². The summed E-state index contributed by atoms with van der Waals surface area (Å²) in [5.41, 5.74) is 6.73. The number of hydrogen-bond donors (Lipinski definition) is 2. The lowest BCUT2D eigenvalue weighted by Crippen LogP contribution is -2.58. The van der Waals surface area contributed by atoms with Crippen LogP contribution in [0.25, 0.3) is 21.9 Å². The molecule has 2 atom stereocenters. The number of nitrogens with one attached hydrogen (secondary N) is 1. The molecule has 242 valence electrons. The molecule has 3 aromatic carbocycles. The Bertz CT molecular complexity index is 1810. The molecule has 2 unspecified atom stereocenters. The number of aromatic nitrogens is 1. The van der Waals surface area contributed by atoms with Gasteiger partial charge in [0.25, 0.3) is 0 Å². The van der Waals surface area contributed by atoms with Gasteiger partial charge in [-0.25, -0.2) is 8.93 Å². The summed E-state index contributed by atoms with van der Waals surface area (Å²) in [6, 6.07) is 17.9. The molecule has 1 amide bonds. The van der Waals surface area contributed by atoms with E-state index in [9.17, 15) is 9.00 Å². The van der Waals surface area contributed by atoms with Crippen molar-refractivity contribution < 1.29 is 22.5 Å². The molecule has 1 aromatic heterocycles. The number of nitrogens with two attached hydrogens (primary N) is 1. The van der Waals surface area contributed by atoms with Gasteiger partial charge >= 0.3 is 5.92 Å². The van der Waals surface area contributed by atoms with Crippen LogP contribution in [0, 0.1) is 0 Å². The molecular weight excluding hydrogens is 630 g/mol. The summed E-state index contributed by atoms with van der Waals surface area (Å²) in [4.78, 5) is 19.4. The van der Waals surface area contributed by atoms with Crippen LogP contribution in [0.4, 0.5) is 8.78 Å². The minimum atomic E-state index is -3.83. The lowest BCUT2D eigenvalue weighted by molar-refractivity contribution is -0.145. The summed E-state index contributed by atoms with van der Waals surface area (Å²) in [6.07, 6.45) is 6.87. The van der Waals surface area contributed by atoms with Crippen molar-refractivity contribution in [3.05, 3.63) is 89.7 Å². The van der Waals surface area contributed by atoms with Gasteiger partial charge < -0.3 is 15.4 Å². The van der Waals surface area contributed by atoms with Crippen molar-refractivity contribution in [1.29, 1.82) is 0 Å². The van der Waals surface area contributed by atoms with Gasteiger partial charge in [-0.05, 0) is 103 Å². The van der Waals surface area contributed by atoms with E-state index >= 15 is 8.78 Å². The molecule has 1 saturated carbocycles. The van der Waals surface area contributed by atoms with Crippen molar-refractivity contribution in [2.24, 2.45) is 5.73 Å². The van der Waals surface area contributed by atoms with Crippen LogP contribution in [0.5, 0.6) is 5.75 Å². The Morgan fingerprint density at radius 3 is 2.30 bits per heavy atom. The smallest absolute Gasteiger partial charge is 0.314 e. The Kier molecular flexibility index (Phi) is 9.34. The molecule has 0 spiro atoms. The second-order valence-electron chi connectivity index (χ2n) is 12.1. The minimum Gasteiger partial charge on any atom is -0.490 e. The fourth-order valence-corrected chi connectivity index (χ4v) is 7.57. The maximum absolute atomic E-state index is 16.4. The predicted octanol–water partition coefficient (Wildman–Crippen LogP) is 6.57. The third-order valence-electron chi connectivity index (χ3n) is 8.82. The van der Waals surface area contributed by atoms with Crippen LogP contribution >= 0.6 is 11.6 Å². The van der Waals surface area contributed by atoms with Gasteiger partial charge in [0.2, 0.25) is 5.91 Å². The van der Waals surface area contributed by atoms with Gasteiger partial charge in [0.1, 0.15) is 11.4 Å². The molecule has 3 N–H and O–H groups in total. The average molecular weight is 667 g/mol. The summed E-state index contributed by atoms with van der Waals surface area (Å²) in [6.45, 7) is 0.438. The van der Waals surface area contributed by atoms with Crippen LogP contribution in [0.3, 0.4) is 0 Å². The first-order valence-corrected chi connectivity index (χ1v) is 17.6. The summed E-state index contributed by atoms with van der Waals surface area (Å²) in [7, 11) is -3.59. The van der Waals surface area contributed by atoms with Gasteiger partial charge in [-0.3, -0.25) is 9.78 Å². The van der Waals surface area contributed by atoms with Gasteiger partial charge in [-0.2, -0.15) is 8.78 Å². The van der Waals surface area contributed by atoms with Crippen molar-refractivity contribution in [1.82, 2.24) is 14.6 Å². The fraction of sp³-hybridized carbons (Fsp3) is 0.343. The number of fused-ring (bicyclic) bond motifs is 1. The molecule has 6 rings (SSSR count). The van der Waals surface area contributed by atoms with Crippen LogP contribution < -0.4 is 15.2 Å². The molecular formula is C35H37ClF2N4O3S.